The van der Waals surface area contributed by atoms with Crippen molar-refractivity contribution in [2.45, 2.75) is 23.2 Å². The van der Waals surface area contributed by atoms with Crippen molar-refractivity contribution in [2.24, 2.45) is 0 Å². The van der Waals surface area contributed by atoms with Crippen molar-refractivity contribution in [1.29, 1.82) is 0 Å². The third-order valence-corrected chi connectivity index (χ3v) is 6.73. The molecular weight excluding hydrogens is 454 g/mol. The Morgan fingerprint density at radius 2 is 1.84 bits per heavy atom. The molecule has 3 aromatic rings. The number of carbonyl (C=O) groups excluding carboxylic acids is 2. The Morgan fingerprint density at radius 3 is 2.55 bits per heavy atom. The van der Waals surface area contributed by atoms with E-state index in [0.29, 0.717) is 33.3 Å². The summed E-state index contributed by atoms with van der Waals surface area (Å²) in [5.41, 5.74) is 1.57. The van der Waals surface area contributed by atoms with Gasteiger partial charge in [-0.25, -0.2) is 4.98 Å². The molecule has 0 atom stereocenters. The predicted octanol–water partition coefficient (Wildman–Crippen LogP) is 4.85. The fourth-order valence-corrected chi connectivity index (χ4v) is 4.72. The van der Waals surface area contributed by atoms with Gasteiger partial charge < -0.3 is 15.4 Å². The number of nitrogens with one attached hydrogen (secondary N) is 2. The molecule has 0 aliphatic heterocycles. The molecule has 160 valence electrons. The Kier molecular flexibility index (Phi) is 7.11. The summed E-state index contributed by atoms with van der Waals surface area (Å²) in [6.45, 7) is -0.139. The number of anilines is 1. The van der Waals surface area contributed by atoms with Gasteiger partial charge in [0.1, 0.15) is 16.4 Å². The Bertz CT molecular complexity index is 1050. The molecule has 2 amide bonds. The minimum atomic E-state index is -0.293. The van der Waals surface area contributed by atoms with Crippen molar-refractivity contribution in [1.82, 2.24) is 10.3 Å². The Hall–Kier alpha value is -2.55. The minimum absolute atomic E-state index is 0.00547. The summed E-state index contributed by atoms with van der Waals surface area (Å²) in [6, 6.07) is 16.8. The number of benzene rings is 2. The van der Waals surface area contributed by atoms with Gasteiger partial charge >= 0.3 is 0 Å². The normalized spacial score (nSPS) is 12.9. The first-order valence-corrected chi connectivity index (χ1v) is 11.9. The van der Waals surface area contributed by atoms with Crippen molar-refractivity contribution in [3.63, 3.8) is 0 Å². The van der Waals surface area contributed by atoms with Crippen LogP contribution >= 0.6 is 34.7 Å². The first kappa shape index (κ1) is 21.7. The maximum atomic E-state index is 12.5. The van der Waals surface area contributed by atoms with Gasteiger partial charge in [-0.1, -0.05) is 65.0 Å². The largest absolute Gasteiger partial charge is 0.484 e. The summed E-state index contributed by atoms with van der Waals surface area (Å²) in [7, 11) is 0. The van der Waals surface area contributed by atoms with E-state index >= 15 is 0 Å². The number of thiazole rings is 1. The lowest BCUT2D eigenvalue weighted by Crippen LogP contribution is -2.26. The molecule has 1 fully saturated rings. The maximum Gasteiger partial charge on any atom is 0.262 e. The second kappa shape index (κ2) is 10.2. The lowest BCUT2D eigenvalue weighted by Gasteiger charge is -2.07. The van der Waals surface area contributed by atoms with E-state index in [9.17, 15) is 9.59 Å². The third kappa shape index (κ3) is 6.46. The van der Waals surface area contributed by atoms with E-state index in [-0.39, 0.29) is 18.4 Å². The first-order valence-electron chi connectivity index (χ1n) is 9.73. The first-order chi connectivity index (χ1) is 15.1. The lowest BCUT2D eigenvalue weighted by atomic mass is 10.2. The summed E-state index contributed by atoms with van der Waals surface area (Å²) in [6.07, 6.45) is 2.11. The molecule has 0 saturated heterocycles. The van der Waals surface area contributed by atoms with Crippen LogP contribution in [-0.2, 0) is 9.59 Å². The van der Waals surface area contributed by atoms with Crippen LogP contribution in [0.3, 0.4) is 0 Å². The maximum absolute atomic E-state index is 12.5. The Labute approximate surface area is 193 Å². The highest BCUT2D eigenvalue weighted by atomic mass is 35.5. The number of thioether (sulfide) groups is 1. The molecule has 0 bridgehead atoms. The SMILES string of the molecule is O=C(COc1ccc(Cl)cc1)Nc1sc(SCC(=O)NC2CC2)nc1-c1ccccc1. The third-order valence-electron chi connectivity index (χ3n) is 4.36. The lowest BCUT2D eigenvalue weighted by molar-refractivity contribution is -0.119. The molecule has 1 aliphatic carbocycles. The number of carbonyl (C=O) groups is 2. The van der Waals surface area contributed by atoms with Crippen LogP contribution in [-0.4, -0.2) is 35.2 Å². The number of ether oxygens (including phenoxy) is 1. The molecule has 9 heteroatoms. The van der Waals surface area contributed by atoms with Crippen LogP contribution in [0.15, 0.2) is 58.9 Å². The zero-order chi connectivity index (χ0) is 21.6. The average molecular weight is 474 g/mol. The molecular formula is C22H20ClN3O3S2. The van der Waals surface area contributed by atoms with Gasteiger partial charge in [0.05, 0.1) is 5.75 Å². The number of aromatic nitrogens is 1. The van der Waals surface area contributed by atoms with E-state index in [1.807, 2.05) is 30.3 Å². The highest BCUT2D eigenvalue weighted by Crippen LogP contribution is 2.37. The summed E-state index contributed by atoms with van der Waals surface area (Å²) < 4.78 is 6.25. The molecule has 2 aromatic carbocycles. The van der Waals surface area contributed by atoms with Crippen LogP contribution < -0.4 is 15.4 Å². The Balaban J connectivity index is 1.42. The van der Waals surface area contributed by atoms with E-state index in [4.69, 9.17) is 16.3 Å². The second-order valence-corrected chi connectivity index (χ2v) is 9.60. The van der Waals surface area contributed by atoms with Crippen molar-refractivity contribution >= 4 is 51.5 Å². The molecule has 0 spiro atoms. The number of halogens is 1. The summed E-state index contributed by atoms with van der Waals surface area (Å²) in [4.78, 5) is 29.1. The summed E-state index contributed by atoms with van der Waals surface area (Å²) >= 11 is 8.58. The van der Waals surface area contributed by atoms with Crippen LogP contribution in [0.5, 0.6) is 5.75 Å². The monoisotopic (exact) mass is 473 g/mol. The Morgan fingerprint density at radius 1 is 1.10 bits per heavy atom. The van der Waals surface area contributed by atoms with E-state index < -0.39 is 0 Å². The van der Waals surface area contributed by atoms with Gasteiger partial charge in [-0.2, -0.15) is 0 Å². The highest BCUT2D eigenvalue weighted by Gasteiger charge is 2.23. The van der Waals surface area contributed by atoms with E-state index in [0.717, 1.165) is 22.7 Å². The van der Waals surface area contributed by atoms with Crippen molar-refractivity contribution in [3.05, 3.63) is 59.6 Å². The molecule has 1 heterocycles. The van der Waals surface area contributed by atoms with Crippen molar-refractivity contribution in [3.8, 4) is 17.0 Å². The molecule has 2 N–H and O–H groups in total. The van der Waals surface area contributed by atoms with Crippen LogP contribution in [0.1, 0.15) is 12.8 Å². The molecule has 1 saturated carbocycles. The van der Waals surface area contributed by atoms with Gasteiger partial charge in [-0.15, -0.1) is 0 Å². The molecule has 1 aromatic heterocycles. The molecule has 0 unspecified atom stereocenters. The van der Waals surface area contributed by atoms with E-state index in [2.05, 4.69) is 15.6 Å². The second-order valence-electron chi connectivity index (χ2n) is 6.94. The van der Waals surface area contributed by atoms with E-state index in [1.165, 1.54) is 23.1 Å². The standard InChI is InChI=1S/C22H20ClN3O3S2/c23-15-6-10-17(11-7-15)29-12-18(27)25-21-20(14-4-2-1-3-5-14)26-22(31-21)30-13-19(28)24-16-8-9-16/h1-7,10-11,16H,8-9,12-13H2,(H,24,28)(H,25,27). The number of hydrogen-bond donors (Lipinski definition) is 2. The van der Waals surface area contributed by atoms with Gasteiger partial charge in [-0.3, -0.25) is 9.59 Å². The van der Waals surface area contributed by atoms with Gasteiger partial charge in [0.25, 0.3) is 5.91 Å². The van der Waals surface area contributed by atoms with Gasteiger partial charge in [0, 0.05) is 16.6 Å². The van der Waals surface area contributed by atoms with Crippen molar-refractivity contribution < 1.29 is 14.3 Å². The van der Waals surface area contributed by atoms with Gasteiger partial charge in [-0.05, 0) is 37.1 Å². The van der Waals surface area contributed by atoms with Crippen LogP contribution in [0.4, 0.5) is 5.00 Å². The zero-order valence-corrected chi connectivity index (χ0v) is 18.9. The molecule has 1 aliphatic rings. The van der Waals surface area contributed by atoms with Crippen molar-refractivity contribution in [2.75, 3.05) is 17.7 Å². The molecule has 4 rings (SSSR count). The smallest absolute Gasteiger partial charge is 0.262 e. The summed E-state index contributed by atoms with van der Waals surface area (Å²) in [5, 5.41) is 7.09. The number of amides is 2. The van der Waals surface area contributed by atoms with Crippen LogP contribution in [0, 0.1) is 0 Å². The zero-order valence-electron chi connectivity index (χ0n) is 16.5. The van der Waals surface area contributed by atoms with Gasteiger partial charge in [0.2, 0.25) is 5.91 Å². The predicted molar refractivity (Wildman–Crippen MR) is 125 cm³/mol. The van der Waals surface area contributed by atoms with Gasteiger partial charge in [0.15, 0.2) is 10.9 Å². The topological polar surface area (TPSA) is 80.3 Å². The number of hydrogen-bond acceptors (Lipinski definition) is 6. The number of nitrogens with zero attached hydrogens (tertiary/aromatic N) is 1. The molecule has 31 heavy (non-hydrogen) atoms. The molecule has 0 radical (unpaired) electrons. The van der Waals surface area contributed by atoms with Crippen LogP contribution in [0.25, 0.3) is 11.3 Å². The van der Waals surface area contributed by atoms with E-state index in [1.54, 1.807) is 24.3 Å². The minimum Gasteiger partial charge on any atom is -0.484 e. The fraction of sp³-hybridized carbons (Fsp3) is 0.227. The highest BCUT2D eigenvalue weighted by molar-refractivity contribution is 8.01. The fourth-order valence-electron chi connectivity index (χ4n) is 2.71. The van der Waals surface area contributed by atoms with Crippen LogP contribution in [0.2, 0.25) is 5.02 Å². The number of rotatable bonds is 9. The summed E-state index contributed by atoms with van der Waals surface area (Å²) in [5.74, 6) is 0.570. The molecule has 6 nitrogen and oxygen atoms in total. The quantitative estimate of drug-likeness (QED) is 0.434. The average Bonchev–Trinajstić information content (AvgIpc) is 3.50.